The molecule has 12 rings (SSSR count). The van der Waals surface area contributed by atoms with E-state index in [0.717, 1.165) is 106 Å². The summed E-state index contributed by atoms with van der Waals surface area (Å²) in [5, 5.41) is 35.8. The van der Waals surface area contributed by atoms with Gasteiger partial charge in [-0.25, -0.2) is 18.8 Å². The molecule has 3 aromatic heterocycles. The molecule has 0 saturated carbocycles. The Balaban J connectivity index is 0.000000184. The van der Waals surface area contributed by atoms with Crippen molar-refractivity contribution >= 4 is 87.3 Å². The van der Waals surface area contributed by atoms with Crippen LogP contribution in [-0.2, 0) is 48.4 Å². The van der Waals surface area contributed by atoms with Crippen LogP contribution in [0.4, 0.5) is 4.39 Å². The molecule has 0 spiro atoms. The van der Waals surface area contributed by atoms with E-state index in [2.05, 4.69) is 30.9 Å². The second-order valence-electron chi connectivity index (χ2n) is 26.2. The monoisotopic (exact) mass is 1580 g/mol. The third-order valence-electron chi connectivity index (χ3n) is 18.9. The number of carbonyl (C=O) groups excluding carboxylic acids is 3. The van der Waals surface area contributed by atoms with E-state index in [9.17, 15) is 33.2 Å². The number of carboxylic acid groups (broad SMARTS) is 3. The molecule has 3 aliphatic carbocycles. The third-order valence-corrected chi connectivity index (χ3v) is 18.9. The minimum Gasteiger partial charge on any atom is -0.497 e. The number of rotatable bonds is 32. The molecule has 26 nitrogen and oxygen atoms in total. The average Bonchev–Trinajstić information content (AvgIpc) is 1.62. The third kappa shape index (κ3) is 21.1. The first-order chi connectivity index (χ1) is 56.0. The Kier molecular flexibility index (Phi) is 28.9. The second-order valence-corrected chi connectivity index (χ2v) is 26.2. The first kappa shape index (κ1) is 84.2. The number of hydrogen-bond acceptors (Lipinski definition) is 20. The maximum Gasteiger partial charge on any atom is 0.341 e. The van der Waals surface area contributed by atoms with Gasteiger partial charge in [-0.3, -0.25) is 29.3 Å². The number of allylic oxidation sites excluding steroid dienone is 6. The van der Waals surface area contributed by atoms with Crippen LogP contribution in [0.5, 0.6) is 63.2 Å². The number of methoxy groups -OCH3 is 8. The average molecular weight is 1580 g/mol. The molecule has 0 unspecified atom stereocenters. The first-order valence-corrected chi connectivity index (χ1v) is 36.2. The fourth-order valence-corrected chi connectivity index (χ4v) is 13.2. The Morgan fingerprint density at radius 2 is 0.716 bits per heavy atom. The zero-order valence-corrected chi connectivity index (χ0v) is 65.7. The van der Waals surface area contributed by atoms with Crippen molar-refractivity contribution in [3.8, 4) is 63.2 Å². The summed E-state index contributed by atoms with van der Waals surface area (Å²) in [6, 6.07) is 41.3. The van der Waals surface area contributed by atoms with E-state index < -0.39 is 43.5 Å². The molecule has 0 bridgehead atoms. The van der Waals surface area contributed by atoms with Crippen LogP contribution in [-0.4, -0.2) is 143 Å². The van der Waals surface area contributed by atoms with Crippen LogP contribution in [0.2, 0.25) is 0 Å². The summed E-state index contributed by atoms with van der Waals surface area (Å²) in [7, 11) is 12.0. The predicted molar refractivity (Wildman–Crippen MR) is 434 cm³/mol. The van der Waals surface area contributed by atoms with Crippen molar-refractivity contribution in [1.82, 2.24) is 30.9 Å². The maximum absolute atomic E-state index is 14.3. The van der Waals surface area contributed by atoms with Gasteiger partial charge < -0.3 is 83.4 Å². The first-order valence-electron chi connectivity index (χ1n) is 36.2. The molecular weight excluding hydrogens is 1490 g/mol. The van der Waals surface area contributed by atoms with Gasteiger partial charge in [0, 0.05) is 31.3 Å². The van der Waals surface area contributed by atoms with E-state index in [0.29, 0.717) is 76.8 Å². The summed E-state index contributed by atoms with van der Waals surface area (Å²) in [6.07, 6.45) is 13.1. The Bertz CT molecular complexity index is 5070. The lowest BCUT2D eigenvalue weighted by Crippen LogP contribution is -2.23. The molecule has 0 aliphatic heterocycles. The van der Waals surface area contributed by atoms with Gasteiger partial charge >= 0.3 is 17.9 Å². The molecule has 116 heavy (non-hydrogen) atoms. The number of pyridine rings is 3. The topological polar surface area (TPSA) is 339 Å². The zero-order valence-electron chi connectivity index (χ0n) is 65.7. The van der Waals surface area contributed by atoms with Crippen molar-refractivity contribution in [2.75, 3.05) is 76.7 Å². The number of carbonyl (C=O) groups is 6. The van der Waals surface area contributed by atoms with Crippen LogP contribution in [0.3, 0.4) is 0 Å². The molecular formula is C89H87FN6O20. The summed E-state index contributed by atoms with van der Waals surface area (Å²) in [5.41, 5.74) is 17.8. The summed E-state index contributed by atoms with van der Waals surface area (Å²) < 4.78 is 74.1. The van der Waals surface area contributed by atoms with Crippen LogP contribution >= 0.6 is 0 Å². The molecule has 6 aromatic carbocycles. The normalized spacial score (nSPS) is 13.2. The second kappa shape index (κ2) is 39.8. The van der Waals surface area contributed by atoms with E-state index in [1.54, 1.807) is 87.5 Å². The molecule has 9 aromatic rings. The number of nitrogens with zero attached hydrogens (tertiary/aromatic N) is 3. The molecule has 600 valence electrons. The van der Waals surface area contributed by atoms with Gasteiger partial charge in [-0.1, -0.05) is 36.4 Å². The van der Waals surface area contributed by atoms with E-state index in [-0.39, 0.29) is 54.2 Å². The molecule has 3 amide bonds. The van der Waals surface area contributed by atoms with Crippen molar-refractivity contribution in [3.05, 3.63) is 254 Å². The van der Waals surface area contributed by atoms with Gasteiger partial charge in [-0.2, -0.15) is 0 Å². The van der Waals surface area contributed by atoms with Crippen LogP contribution in [0.25, 0.3) is 51.7 Å². The Morgan fingerprint density at radius 1 is 0.379 bits per heavy atom. The van der Waals surface area contributed by atoms with Gasteiger partial charge in [0.05, 0.1) is 101 Å². The summed E-state index contributed by atoms with van der Waals surface area (Å²) >= 11 is 0. The summed E-state index contributed by atoms with van der Waals surface area (Å²) in [4.78, 5) is 84.3. The number of nitrogens with one attached hydrogen (secondary N) is 3. The molecule has 3 aliphatic rings. The Labute approximate surface area is 669 Å². The Hall–Kier alpha value is -14.2. The number of aromatic nitrogens is 3. The lowest BCUT2D eigenvalue weighted by molar-refractivity contribution is -0.140. The molecule has 3 heterocycles. The molecule has 27 heteroatoms. The van der Waals surface area contributed by atoms with Crippen LogP contribution in [0.15, 0.2) is 181 Å². The molecule has 0 fully saturated rings. The van der Waals surface area contributed by atoms with Gasteiger partial charge in [0.15, 0.2) is 54.3 Å². The highest BCUT2D eigenvalue weighted by Gasteiger charge is 2.31. The van der Waals surface area contributed by atoms with Crippen molar-refractivity contribution in [3.63, 3.8) is 0 Å². The van der Waals surface area contributed by atoms with Gasteiger partial charge in [0.1, 0.15) is 17.3 Å². The zero-order chi connectivity index (χ0) is 83.1. The number of fused-ring (bicyclic) bond motifs is 3. The number of aliphatic carboxylic acids is 3. The van der Waals surface area contributed by atoms with E-state index in [4.69, 9.17) is 67.4 Å². The van der Waals surface area contributed by atoms with Crippen LogP contribution in [0.1, 0.15) is 107 Å². The fraction of sp³-hybridized carbons (Fsp3) is 0.225. The number of amides is 3. The largest absolute Gasteiger partial charge is 0.497 e. The van der Waals surface area contributed by atoms with E-state index >= 15 is 0 Å². The van der Waals surface area contributed by atoms with Crippen molar-refractivity contribution in [2.24, 2.45) is 0 Å². The Morgan fingerprint density at radius 3 is 1.02 bits per heavy atom. The quantitative estimate of drug-likeness (QED) is 0.0228. The summed E-state index contributed by atoms with van der Waals surface area (Å²) in [6.45, 7) is 5.27. The minimum absolute atomic E-state index is 0.0705. The molecule has 0 radical (unpaired) electrons. The van der Waals surface area contributed by atoms with E-state index in [1.165, 1.54) is 54.8 Å². The lowest BCUT2D eigenvalue weighted by Gasteiger charge is -2.15. The lowest BCUT2D eigenvalue weighted by atomic mass is 10.00. The van der Waals surface area contributed by atoms with Crippen LogP contribution in [0, 0.1) is 5.82 Å². The number of benzene rings is 6. The number of ether oxygens (including phenoxy) is 11. The highest BCUT2D eigenvalue weighted by molar-refractivity contribution is 6.11. The van der Waals surface area contributed by atoms with Crippen molar-refractivity contribution < 1.29 is 101 Å². The van der Waals surface area contributed by atoms with Gasteiger partial charge in [0.25, 0.3) is 0 Å². The highest BCUT2D eigenvalue weighted by Crippen LogP contribution is 2.50. The fourth-order valence-electron chi connectivity index (χ4n) is 13.2. The van der Waals surface area contributed by atoms with Gasteiger partial charge in [-0.15, -0.1) is 0 Å². The minimum atomic E-state index is -1.13. The standard InChI is InChI=1S/2C30H30N2O7.C29H27FN2O6/c1-18-23(10-20-11-26(37-3)30(27(12-20)38-4)39-17-29(34)35)22-8-7-21(36-2)13-25(22)24(18)14-28(33)32-16-19-6-5-9-31-15-19;1-18-23(11-19-12-26(37-3)30(27(13-19)38-4)39-17-29(34)35)22-9-8-21(36-2)14-25(22)24(18)15-28(33)32-16-20-7-5-6-10-31-20;1-17-22(10-18-11-25(36-2)29(26(12-18)37-3)38-16-28(34)35)21-8-7-19(30)13-24(21)23(17)14-27(33)32-15-20-6-4-5-9-31-20/h5-13,15H,14,16-17H2,1-4H3,(H,32,33)(H,34,35);5-14H,15-17H2,1-4H3,(H,32,33)(H,34,35);4-13H,14-16H2,1-3H3,(H,32,33)(H,34,35)/b23-10-;23-11-;22-10-. The maximum atomic E-state index is 14.3. The van der Waals surface area contributed by atoms with Crippen molar-refractivity contribution in [2.45, 2.75) is 59.7 Å². The van der Waals surface area contributed by atoms with Gasteiger partial charge in [-0.05, 0) is 248 Å². The van der Waals surface area contributed by atoms with Crippen LogP contribution < -0.4 is 68.1 Å². The van der Waals surface area contributed by atoms with Crippen molar-refractivity contribution in [1.29, 1.82) is 0 Å². The molecule has 0 saturated heterocycles. The number of carboxylic acids is 3. The SMILES string of the molecule is COc1cc(/C=C2/C(C)=C(CC(=O)NCc3ccccn3)c3cc(F)ccc32)cc(OC)c1OCC(=O)O.COc1ccc2c(c1)C(CC(=O)NCc1ccccn1)=C(C)/C2=C/c1cc(OC)c(OCC(=O)O)c(OC)c1.COc1ccc2c(c1)C(CC(=O)NCc1cccnc1)=C(C)/C2=C/c1cc(OC)c(OCC(=O)O)c(OC)c1. The predicted octanol–water partition coefficient (Wildman–Crippen LogP) is 13.9. The summed E-state index contributed by atoms with van der Waals surface area (Å²) in [5.74, 6) is -0.251. The smallest absolute Gasteiger partial charge is 0.341 e. The molecule has 0 atom stereocenters. The van der Waals surface area contributed by atoms with E-state index in [1.807, 2.05) is 118 Å². The highest BCUT2D eigenvalue weighted by atomic mass is 19.1. The molecule has 6 N–H and O–H groups in total. The van der Waals surface area contributed by atoms with Gasteiger partial charge in [0.2, 0.25) is 35.0 Å². The number of halogens is 1. The number of hydrogen-bond donors (Lipinski definition) is 6.